The first-order valence-electron chi connectivity index (χ1n) is 8.04. The molecule has 0 radical (unpaired) electrons. The van der Waals surface area contributed by atoms with Gasteiger partial charge in [0.15, 0.2) is 5.78 Å². The fourth-order valence-electron chi connectivity index (χ4n) is 2.83. The number of hydrogen-bond acceptors (Lipinski definition) is 4. The lowest BCUT2D eigenvalue weighted by molar-refractivity contribution is -0.116. The highest BCUT2D eigenvalue weighted by Gasteiger charge is 2.29. The van der Waals surface area contributed by atoms with E-state index >= 15 is 0 Å². The maximum absolute atomic E-state index is 12.9. The topological polar surface area (TPSA) is 71.5 Å². The second-order valence-corrected chi connectivity index (χ2v) is 6.78. The second kappa shape index (κ2) is 7.70. The molecule has 0 aliphatic carbocycles. The van der Waals surface area contributed by atoms with Crippen LogP contribution in [0.5, 0.6) is 5.75 Å². The van der Waals surface area contributed by atoms with Crippen LogP contribution in [0.1, 0.15) is 23.6 Å². The highest BCUT2D eigenvalue weighted by Crippen LogP contribution is 2.33. The molecule has 6 nitrogen and oxygen atoms in total. The Bertz CT molecular complexity index is 868. The molecule has 2 heterocycles. The molecular weight excluding hydrogens is 398 g/mol. The third-order valence-electron chi connectivity index (χ3n) is 4.18. The number of halogens is 1. The molecule has 2 amide bonds. The van der Waals surface area contributed by atoms with E-state index in [0.29, 0.717) is 11.4 Å². The molecule has 7 heteroatoms. The summed E-state index contributed by atoms with van der Waals surface area (Å²) in [5.74, 6) is 0.651. The van der Waals surface area contributed by atoms with Crippen molar-refractivity contribution in [2.75, 3.05) is 12.4 Å². The number of methoxy groups -OCH3 is 1. The highest BCUT2D eigenvalue weighted by atomic mass is 79.9. The van der Waals surface area contributed by atoms with Crippen molar-refractivity contribution in [2.24, 2.45) is 0 Å². The Labute approximate surface area is 160 Å². The summed E-state index contributed by atoms with van der Waals surface area (Å²) in [6.07, 6.45) is 6.47. The van der Waals surface area contributed by atoms with E-state index in [4.69, 9.17) is 4.74 Å². The Morgan fingerprint density at radius 1 is 1.42 bits per heavy atom. The molecule has 0 fully saturated rings. The summed E-state index contributed by atoms with van der Waals surface area (Å²) in [6, 6.07) is 6.55. The first-order valence-corrected chi connectivity index (χ1v) is 8.83. The van der Waals surface area contributed by atoms with Gasteiger partial charge in [-0.2, -0.15) is 0 Å². The summed E-state index contributed by atoms with van der Waals surface area (Å²) in [6.45, 7) is 1.92. The molecule has 1 N–H and O–H groups in total. The van der Waals surface area contributed by atoms with Gasteiger partial charge in [-0.1, -0.05) is 6.07 Å². The molecule has 134 valence electrons. The fraction of sp³-hybridized carbons (Fsp3) is 0.211. The van der Waals surface area contributed by atoms with Crippen molar-refractivity contribution in [3.05, 3.63) is 64.5 Å². The minimum absolute atomic E-state index is 0.0268. The number of anilines is 1. The van der Waals surface area contributed by atoms with Crippen LogP contribution >= 0.6 is 15.9 Å². The van der Waals surface area contributed by atoms with Crippen LogP contribution in [-0.2, 0) is 4.79 Å². The van der Waals surface area contributed by atoms with Crippen LogP contribution in [0, 0.1) is 6.92 Å². The number of amides is 2. The van der Waals surface area contributed by atoms with E-state index in [1.807, 2.05) is 19.1 Å². The van der Waals surface area contributed by atoms with Gasteiger partial charge in [-0.25, -0.2) is 4.79 Å². The summed E-state index contributed by atoms with van der Waals surface area (Å²) in [4.78, 5) is 30.3. The lowest BCUT2D eigenvalue weighted by atomic mass is 9.99. The average molecular weight is 416 g/mol. The van der Waals surface area contributed by atoms with Crippen molar-refractivity contribution in [3.8, 4) is 5.75 Å². The van der Waals surface area contributed by atoms with Gasteiger partial charge in [0.1, 0.15) is 5.75 Å². The van der Waals surface area contributed by atoms with Crippen molar-refractivity contribution >= 4 is 33.4 Å². The largest absolute Gasteiger partial charge is 0.496 e. The normalized spacial score (nSPS) is 16.5. The monoisotopic (exact) mass is 415 g/mol. The number of pyridine rings is 1. The van der Waals surface area contributed by atoms with Crippen molar-refractivity contribution in [1.82, 2.24) is 9.88 Å². The number of carbonyl (C=O) groups is 2. The zero-order chi connectivity index (χ0) is 18.7. The van der Waals surface area contributed by atoms with Crippen LogP contribution in [0.4, 0.5) is 10.5 Å². The number of aromatic nitrogens is 1. The number of carbonyl (C=O) groups excluding carboxylic acids is 2. The van der Waals surface area contributed by atoms with Crippen LogP contribution in [0.15, 0.2) is 53.4 Å². The van der Waals surface area contributed by atoms with E-state index in [-0.39, 0.29) is 18.2 Å². The quantitative estimate of drug-likeness (QED) is 0.813. The maximum atomic E-state index is 12.9. The number of allylic oxidation sites excluding steroid dienone is 1. The maximum Gasteiger partial charge on any atom is 0.326 e. The van der Waals surface area contributed by atoms with E-state index in [1.54, 1.807) is 31.6 Å². The average Bonchev–Trinajstić information content (AvgIpc) is 2.64. The molecule has 0 saturated carbocycles. The molecule has 0 saturated heterocycles. The van der Waals surface area contributed by atoms with Gasteiger partial charge in [-0.05, 0) is 52.2 Å². The SMILES string of the molecule is COc1cc(NC(=O)N2C=CC(=O)CC2c2cccnc2)c(Br)cc1C. The molecule has 3 rings (SSSR count). The van der Waals surface area contributed by atoms with Crippen LogP contribution in [-0.4, -0.2) is 28.8 Å². The van der Waals surface area contributed by atoms with Crippen molar-refractivity contribution in [2.45, 2.75) is 19.4 Å². The number of nitrogens with one attached hydrogen (secondary N) is 1. The Balaban J connectivity index is 1.88. The standard InChI is InChI=1S/C19H18BrN3O3/c1-12-8-15(20)16(10-18(12)26-2)22-19(25)23-7-5-14(24)9-17(23)13-4-3-6-21-11-13/h3-8,10-11,17H,9H2,1-2H3,(H,22,25). The molecule has 2 aromatic rings. The smallest absolute Gasteiger partial charge is 0.326 e. The molecule has 1 aromatic carbocycles. The lowest BCUT2D eigenvalue weighted by Crippen LogP contribution is -2.37. The Morgan fingerprint density at radius 2 is 2.23 bits per heavy atom. The third-order valence-corrected chi connectivity index (χ3v) is 4.84. The molecule has 1 aliphatic rings. The fourth-order valence-corrected chi connectivity index (χ4v) is 3.39. The van der Waals surface area contributed by atoms with Crippen LogP contribution < -0.4 is 10.1 Å². The first kappa shape index (κ1) is 18.1. The summed E-state index contributed by atoms with van der Waals surface area (Å²) in [5.41, 5.74) is 2.35. The number of rotatable bonds is 3. The second-order valence-electron chi connectivity index (χ2n) is 5.93. The number of ether oxygens (including phenoxy) is 1. The summed E-state index contributed by atoms with van der Waals surface area (Å²) < 4.78 is 6.07. The molecule has 0 bridgehead atoms. The number of ketones is 1. The number of hydrogen-bond donors (Lipinski definition) is 1. The van der Waals surface area contributed by atoms with Gasteiger partial charge in [-0.3, -0.25) is 14.7 Å². The van der Waals surface area contributed by atoms with E-state index < -0.39 is 6.04 Å². The third kappa shape index (κ3) is 3.77. The van der Waals surface area contributed by atoms with Gasteiger partial charge in [0.25, 0.3) is 0 Å². The predicted molar refractivity (Wildman–Crippen MR) is 102 cm³/mol. The molecule has 1 aliphatic heterocycles. The molecule has 0 spiro atoms. The summed E-state index contributed by atoms with van der Waals surface area (Å²) >= 11 is 3.46. The summed E-state index contributed by atoms with van der Waals surface area (Å²) in [5, 5.41) is 2.87. The summed E-state index contributed by atoms with van der Waals surface area (Å²) in [7, 11) is 1.58. The molecular formula is C19H18BrN3O3. The number of aryl methyl sites for hydroxylation is 1. The molecule has 1 atom stereocenters. The van der Waals surface area contributed by atoms with Gasteiger partial charge in [-0.15, -0.1) is 0 Å². The Hall–Kier alpha value is -2.67. The van der Waals surface area contributed by atoms with Gasteiger partial charge >= 0.3 is 6.03 Å². The number of nitrogens with zero attached hydrogens (tertiary/aromatic N) is 2. The minimum Gasteiger partial charge on any atom is -0.496 e. The predicted octanol–water partition coefficient (Wildman–Crippen LogP) is 4.22. The zero-order valence-corrected chi connectivity index (χ0v) is 16.0. The Morgan fingerprint density at radius 3 is 2.92 bits per heavy atom. The molecule has 1 aromatic heterocycles. The van der Waals surface area contributed by atoms with Crippen LogP contribution in [0.25, 0.3) is 0 Å². The van der Waals surface area contributed by atoms with Gasteiger partial charge in [0.05, 0.1) is 18.8 Å². The van der Waals surface area contributed by atoms with Gasteiger partial charge < -0.3 is 10.1 Å². The van der Waals surface area contributed by atoms with Crippen molar-refractivity contribution in [1.29, 1.82) is 0 Å². The molecule has 1 unspecified atom stereocenters. The number of urea groups is 1. The lowest BCUT2D eigenvalue weighted by Gasteiger charge is -2.31. The van der Waals surface area contributed by atoms with Crippen molar-refractivity contribution < 1.29 is 14.3 Å². The first-order chi connectivity index (χ1) is 12.5. The van der Waals surface area contributed by atoms with Gasteiger partial charge in [0, 0.05) is 35.6 Å². The number of benzene rings is 1. The van der Waals surface area contributed by atoms with E-state index in [0.717, 1.165) is 15.6 Å². The van der Waals surface area contributed by atoms with E-state index in [1.165, 1.54) is 17.2 Å². The van der Waals surface area contributed by atoms with Crippen LogP contribution in [0.3, 0.4) is 0 Å². The Kier molecular flexibility index (Phi) is 5.37. The minimum atomic E-state index is -0.396. The van der Waals surface area contributed by atoms with Gasteiger partial charge in [0.2, 0.25) is 0 Å². The van der Waals surface area contributed by atoms with E-state index in [2.05, 4.69) is 26.2 Å². The van der Waals surface area contributed by atoms with Crippen LogP contribution in [0.2, 0.25) is 0 Å². The van der Waals surface area contributed by atoms with E-state index in [9.17, 15) is 9.59 Å². The van der Waals surface area contributed by atoms with Crippen molar-refractivity contribution in [3.63, 3.8) is 0 Å². The highest BCUT2D eigenvalue weighted by molar-refractivity contribution is 9.10. The zero-order valence-electron chi connectivity index (χ0n) is 14.4. The molecule has 26 heavy (non-hydrogen) atoms.